The van der Waals surface area contributed by atoms with Crippen LogP contribution >= 0.6 is 0 Å². The molecule has 3 N–H and O–H groups in total. The van der Waals surface area contributed by atoms with Gasteiger partial charge in [-0.25, -0.2) is 0 Å². The Morgan fingerprint density at radius 1 is 0.972 bits per heavy atom. The molecule has 0 bridgehead atoms. The minimum atomic E-state index is -0.616. The summed E-state index contributed by atoms with van der Waals surface area (Å²) in [5, 5.41) is 31.8. The molecule has 0 amide bonds. The maximum Gasteiger partial charge on any atom is 0.200 e. The molecule has 6 nitrogen and oxygen atoms in total. The van der Waals surface area contributed by atoms with Crippen molar-refractivity contribution in [2.75, 3.05) is 0 Å². The first-order valence-electron chi connectivity index (χ1n) is 11.9. The van der Waals surface area contributed by atoms with Gasteiger partial charge in [-0.05, 0) is 78.7 Å². The second-order valence-corrected chi connectivity index (χ2v) is 10.2. The van der Waals surface area contributed by atoms with Gasteiger partial charge in [0.25, 0.3) is 0 Å². The molecule has 1 aliphatic heterocycles. The van der Waals surface area contributed by atoms with Gasteiger partial charge in [0.05, 0.1) is 11.1 Å². The number of benzene rings is 2. The first-order valence-corrected chi connectivity index (χ1v) is 11.9. The number of allylic oxidation sites excluding steroid dienone is 4. The Labute approximate surface area is 210 Å². The predicted octanol–water partition coefficient (Wildman–Crippen LogP) is 6.78. The Morgan fingerprint density at radius 2 is 1.61 bits per heavy atom. The van der Waals surface area contributed by atoms with Gasteiger partial charge in [0, 0.05) is 17.2 Å². The minimum absolute atomic E-state index is 0.0815. The SMILES string of the molecule is CC(C)=CCc1c(-c2ccc(O)cc2O)oc2c(CC=C(C)C)c3c(c(O)c2c1=O)C=CC(C)(C)O3. The molecule has 0 saturated carbocycles. The number of fused-ring (bicyclic) bond motifs is 2. The topological polar surface area (TPSA) is 100 Å². The van der Waals surface area contributed by atoms with E-state index >= 15 is 0 Å². The van der Waals surface area contributed by atoms with Crippen LogP contribution in [0.3, 0.4) is 0 Å². The lowest BCUT2D eigenvalue weighted by Gasteiger charge is -2.30. The second-order valence-electron chi connectivity index (χ2n) is 10.2. The molecule has 4 rings (SSSR count). The third-order valence-electron chi connectivity index (χ3n) is 6.16. The maximum atomic E-state index is 14.0. The molecular formula is C30H32O6. The molecule has 1 aromatic heterocycles. The Hall–Kier alpha value is -3.93. The molecule has 3 aromatic rings. The quantitative estimate of drug-likeness (QED) is 0.342. The van der Waals surface area contributed by atoms with Gasteiger partial charge in [0.1, 0.15) is 45.3 Å². The van der Waals surface area contributed by atoms with Gasteiger partial charge in [-0.15, -0.1) is 0 Å². The highest BCUT2D eigenvalue weighted by molar-refractivity contribution is 5.95. The monoisotopic (exact) mass is 488 g/mol. The van der Waals surface area contributed by atoms with E-state index < -0.39 is 5.60 Å². The van der Waals surface area contributed by atoms with Gasteiger partial charge in [0.2, 0.25) is 5.43 Å². The van der Waals surface area contributed by atoms with E-state index in [-0.39, 0.29) is 51.4 Å². The highest BCUT2D eigenvalue weighted by atomic mass is 16.5. The van der Waals surface area contributed by atoms with Crippen LogP contribution in [0.4, 0.5) is 0 Å². The largest absolute Gasteiger partial charge is 0.508 e. The van der Waals surface area contributed by atoms with E-state index in [1.807, 2.05) is 59.8 Å². The van der Waals surface area contributed by atoms with Gasteiger partial charge in [-0.3, -0.25) is 4.79 Å². The first kappa shape index (κ1) is 25.2. The molecule has 0 aliphatic carbocycles. The number of rotatable bonds is 5. The van der Waals surface area contributed by atoms with Crippen molar-refractivity contribution in [3.8, 4) is 34.3 Å². The van der Waals surface area contributed by atoms with E-state index in [0.717, 1.165) is 11.1 Å². The van der Waals surface area contributed by atoms with Crippen molar-refractivity contribution in [2.45, 2.75) is 60.0 Å². The van der Waals surface area contributed by atoms with Gasteiger partial charge >= 0.3 is 0 Å². The van der Waals surface area contributed by atoms with Crippen molar-refractivity contribution in [3.63, 3.8) is 0 Å². The number of hydrogen-bond donors (Lipinski definition) is 3. The number of ether oxygens (including phenoxy) is 1. The van der Waals surface area contributed by atoms with Gasteiger partial charge in [-0.1, -0.05) is 23.3 Å². The zero-order chi connectivity index (χ0) is 26.4. The molecule has 2 heterocycles. The van der Waals surface area contributed by atoms with E-state index in [0.29, 0.717) is 28.9 Å². The molecule has 2 aromatic carbocycles. The predicted molar refractivity (Wildman–Crippen MR) is 143 cm³/mol. The molecule has 0 saturated heterocycles. The fourth-order valence-electron chi connectivity index (χ4n) is 4.27. The number of aromatic hydroxyl groups is 3. The second kappa shape index (κ2) is 9.26. The summed E-state index contributed by atoms with van der Waals surface area (Å²) < 4.78 is 12.7. The van der Waals surface area contributed by atoms with Crippen molar-refractivity contribution in [1.82, 2.24) is 0 Å². The van der Waals surface area contributed by atoms with E-state index in [2.05, 4.69) is 0 Å². The van der Waals surface area contributed by atoms with Crippen LogP contribution in [0.15, 0.2) is 56.8 Å². The van der Waals surface area contributed by atoms with Crippen LogP contribution in [0, 0.1) is 0 Å². The van der Waals surface area contributed by atoms with E-state index in [1.54, 1.807) is 6.08 Å². The summed E-state index contributed by atoms with van der Waals surface area (Å²) in [7, 11) is 0. The molecular weight excluding hydrogens is 456 g/mol. The molecule has 0 atom stereocenters. The lowest BCUT2D eigenvalue weighted by atomic mass is 9.93. The third kappa shape index (κ3) is 4.63. The number of phenolic OH excluding ortho intramolecular Hbond substituents is 3. The average Bonchev–Trinajstić information content (AvgIpc) is 2.77. The normalized spacial score (nSPS) is 13.7. The first-order chi connectivity index (χ1) is 16.9. The maximum absolute atomic E-state index is 14.0. The fourth-order valence-corrected chi connectivity index (χ4v) is 4.27. The lowest BCUT2D eigenvalue weighted by Crippen LogP contribution is -2.28. The molecule has 0 fully saturated rings. The summed E-state index contributed by atoms with van der Waals surface area (Å²) in [4.78, 5) is 14.0. The average molecular weight is 489 g/mol. The van der Waals surface area contributed by atoms with Crippen molar-refractivity contribution in [2.24, 2.45) is 0 Å². The molecule has 1 aliphatic rings. The van der Waals surface area contributed by atoms with E-state index in [9.17, 15) is 20.1 Å². The van der Waals surface area contributed by atoms with E-state index in [4.69, 9.17) is 9.15 Å². The van der Waals surface area contributed by atoms with Gasteiger partial charge in [0.15, 0.2) is 0 Å². The van der Waals surface area contributed by atoms with Crippen LogP contribution in [0.2, 0.25) is 0 Å². The Kier molecular flexibility index (Phi) is 6.48. The molecule has 0 spiro atoms. The smallest absolute Gasteiger partial charge is 0.200 e. The number of phenols is 3. The lowest BCUT2D eigenvalue weighted by molar-refractivity contribution is 0.157. The van der Waals surface area contributed by atoms with Crippen molar-refractivity contribution in [1.29, 1.82) is 0 Å². The minimum Gasteiger partial charge on any atom is -0.508 e. The van der Waals surface area contributed by atoms with Crippen LogP contribution in [0.1, 0.15) is 58.2 Å². The third-order valence-corrected chi connectivity index (χ3v) is 6.16. The van der Waals surface area contributed by atoms with Crippen LogP contribution in [-0.4, -0.2) is 20.9 Å². The van der Waals surface area contributed by atoms with Crippen LogP contribution < -0.4 is 10.2 Å². The van der Waals surface area contributed by atoms with Crippen molar-refractivity contribution >= 4 is 17.0 Å². The summed E-state index contributed by atoms with van der Waals surface area (Å²) in [5.41, 5.74) is 2.96. The van der Waals surface area contributed by atoms with Crippen molar-refractivity contribution in [3.05, 3.63) is 74.5 Å². The van der Waals surface area contributed by atoms with Gasteiger partial charge < -0.3 is 24.5 Å². The standard InChI is InChI=1S/C30H32O6/c1-16(2)7-10-20-25(33)24-26(34)21-13-14-30(5,6)36-28(21)22(11-8-17(3)4)29(24)35-27(20)19-12-9-18(31)15-23(19)32/h7-9,12-15,31-32,34H,10-11H2,1-6H3. The fraction of sp³-hybridized carbons (Fsp3) is 0.300. The molecule has 188 valence electrons. The Bertz CT molecular complexity index is 1510. The Morgan fingerprint density at radius 3 is 2.22 bits per heavy atom. The number of hydrogen-bond acceptors (Lipinski definition) is 6. The molecule has 0 radical (unpaired) electrons. The highest BCUT2D eigenvalue weighted by Gasteiger charge is 2.31. The molecule has 36 heavy (non-hydrogen) atoms. The summed E-state index contributed by atoms with van der Waals surface area (Å²) in [5.74, 6) is 0.131. The van der Waals surface area contributed by atoms with E-state index in [1.165, 1.54) is 18.2 Å². The van der Waals surface area contributed by atoms with Crippen LogP contribution in [-0.2, 0) is 12.8 Å². The molecule has 0 unspecified atom stereocenters. The van der Waals surface area contributed by atoms with Crippen molar-refractivity contribution < 1.29 is 24.5 Å². The summed E-state index contributed by atoms with van der Waals surface area (Å²) >= 11 is 0. The zero-order valence-electron chi connectivity index (χ0n) is 21.5. The summed E-state index contributed by atoms with van der Waals surface area (Å²) in [6, 6.07) is 4.14. The molecule has 6 heteroatoms. The van der Waals surface area contributed by atoms with Crippen LogP contribution in [0.5, 0.6) is 23.0 Å². The highest BCUT2D eigenvalue weighted by Crippen LogP contribution is 2.46. The summed E-state index contributed by atoms with van der Waals surface area (Å²) in [6.07, 6.45) is 8.20. The zero-order valence-corrected chi connectivity index (χ0v) is 21.5. The summed E-state index contributed by atoms with van der Waals surface area (Å²) in [6.45, 7) is 11.6. The van der Waals surface area contributed by atoms with Crippen LogP contribution in [0.25, 0.3) is 28.4 Å². The van der Waals surface area contributed by atoms with Gasteiger partial charge in [-0.2, -0.15) is 0 Å². The Balaban J connectivity index is 2.18.